The number of halogens is 2. The summed E-state index contributed by atoms with van der Waals surface area (Å²) >= 11 is 0. The van der Waals surface area contributed by atoms with E-state index in [1.165, 1.54) is 4.90 Å². The van der Waals surface area contributed by atoms with Crippen molar-refractivity contribution < 1.29 is 22.8 Å². The molecule has 0 spiro atoms. The fraction of sp³-hybridized carbons (Fsp3) is 0.211. The van der Waals surface area contributed by atoms with Crippen molar-refractivity contribution in [3.63, 3.8) is 0 Å². The summed E-state index contributed by atoms with van der Waals surface area (Å²) in [4.78, 5) is 18.0. The molecule has 0 bridgehead atoms. The molecule has 8 heteroatoms. The summed E-state index contributed by atoms with van der Waals surface area (Å²) in [5.74, 6) is -0.618. The van der Waals surface area contributed by atoms with Crippen molar-refractivity contribution in [1.29, 1.82) is 0 Å². The summed E-state index contributed by atoms with van der Waals surface area (Å²) in [6, 6.07) is 10.2. The van der Waals surface area contributed by atoms with E-state index >= 15 is 0 Å². The molecule has 2 aromatic carbocycles. The lowest BCUT2D eigenvalue weighted by molar-refractivity contribution is -0.117. The Morgan fingerprint density at radius 3 is 2.52 bits per heavy atom. The van der Waals surface area contributed by atoms with Gasteiger partial charge in [-0.1, -0.05) is 5.16 Å². The Kier molecular flexibility index (Phi) is 4.31. The zero-order valence-electron chi connectivity index (χ0n) is 14.4. The number of benzene rings is 2. The van der Waals surface area contributed by atoms with E-state index in [0.29, 0.717) is 17.5 Å². The highest BCUT2D eigenvalue weighted by molar-refractivity contribution is 5.96. The van der Waals surface area contributed by atoms with Crippen LogP contribution >= 0.6 is 0 Å². The molecule has 2 heterocycles. The molecule has 1 unspecified atom stereocenters. The van der Waals surface area contributed by atoms with Gasteiger partial charge in [0, 0.05) is 36.2 Å². The van der Waals surface area contributed by atoms with Gasteiger partial charge in [0.15, 0.2) is 5.82 Å². The zero-order valence-corrected chi connectivity index (χ0v) is 14.4. The lowest BCUT2D eigenvalue weighted by Gasteiger charge is -2.16. The van der Waals surface area contributed by atoms with E-state index in [1.54, 1.807) is 31.4 Å². The van der Waals surface area contributed by atoms with E-state index in [-0.39, 0.29) is 30.5 Å². The van der Waals surface area contributed by atoms with Crippen molar-refractivity contribution in [1.82, 2.24) is 10.1 Å². The normalized spacial score (nSPS) is 16.8. The van der Waals surface area contributed by atoms with Gasteiger partial charge in [-0.05, 0) is 36.4 Å². The molecule has 0 N–H and O–H groups in total. The first-order valence-corrected chi connectivity index (χ1v) is 8.28. The molecule has 0 saturated carbocycles. The number of nitrogens with zero attached hydrogens (tertiary/aromatic N) is 3. The van der Waals surface area contributed by atoms with Crippen LogP contribution in [0.1, 0.15) is 18.2 Å². The maximum atomic E-state index is 13.4. The molecule has 1 fully saturated rings. The minimum atomic E-state index is -0.734. The quantitative estimate of drug-likeness (QED) is 0.702. The van der Waals surface area contributed by atoms with Crippen molar-refractivity contribution in [2.45, 2.75) is 12.3 Å². The Bertz CT molecular complexity index is 968. The van der Waals surface area contributed by atoms with Gasteiger partial charge >= 0.3 is 0 Å². The molecular weight excluding hydrogens is 356 g/mol. The van der Waals surface area contributed by atoms with Crippen LogP contribution < -0.4 is 9.64 Å². The highest BCUT2D eigenvalue weighted by atomic mass is 19.1. The second-order valence-corrected chi connectivity index (χ2v) is 6.22. The van der Waals surface area contributed by atoms with Crippen LogP contribution in [0.25, 0.3) is 11.5 Å². The Morgan fingerprint density at radius 2 is 1.85 bits per heavy atom. The van der Waals surface area contributed by atoms with Gasteiger partial charge in [-0.25, -0.2) is 8.78 Å². The first-order chi connectivity index (χ1) is 13.0. The molecule has 1 aromatic heterocycles. The van der Waals surface area contributed by atoms with Gasteiger partial charge in [-0.3, -0.25) is 4.79 Å². The van der Waals surface area contributed by atoms with Crippen molar-refractivity contribution in [2.24, 2.45) is 0 Å². The molecule has 4 rings (SSSR count). The van der Waals surface area contributed by atoms with Crippen molar-refractivity contribution in [3.8, 4) is 17.2 Å². The Morgan fingerprint density at radius 1 is 1.15 bits per heavy atom. The molecular formula is C19H15F2N3O3. The monoisotopic (exact) mass is 371 g/mol. The average Bonchev–Trinajstić information content (AvgIpc) is 3.28. The fourth-order valence-electron chi connectivity index (χ4n) is 3.08. The molecule has 3 aromatic rings. The summed E-state index contributed by atoms with van der Waals surface area (Å²) in [5, 5.41) is 3.97. The van der Waals surface area contributed by atoms with Crippen molar-refractivity contribution in [2.75, 3.05) is 18.6 Å². The number of amides is 1. The van der Waals surface area contributed by atoms with E-state index in [1.807, 2.05) is 0 Å². The predicted molar refractivity (Wildman–Crippen MR) is 92.4 cm³/mol. The number of aromatic nitrogens is 2. The number of anilines is 1. The van der Waals surface area contributed by atoms with E-state index in [0.717, 1.165) is 23.8 Å². The maximum Gasteiger partial charge on any atom is 0.257 e. The van der Waals surface area contributed by atoms with Crippen LogP contribution in [-0.4, -0.2) is 29.7 Å². The fourth-order valence-corrected chi connectivity index (χ4v) is 3.08. The minimum absolute atomic E-state index is 0.139. The minimum Gasteiger partial charge on any atom is -0.497 e. The van der Waals surface area contributed by atoms with Crippen LogP contribution in [0.5, 0.6) is 5.75 Å². The first-order valence-electron chi connectivity index (χ1n) is 8.28. The summed E-state index contributed by atoms with van der Waals surface area (Å²) in [5.41, 5.74) is 0.904. The lowest BCUT2D eigenvalue weighted by atomic mass is 10.1. The molecule has 1 atom stereocenters. The van der Waals surface area contributed by atoms with Gasteiger partial charge in [-0.2, -0.15) is 4.98 Å². The summed E-state index contributed by atoms with van der Waals surface area (Å²) in [6.45, 7) is 0.226. The number of rotatable bonds is 4. The second kappa shape index (κ2) is 6.79. The van der Waals surface area contributed by atoms with Gasteiger partial charge in [0.25, 0.3) is 5.89 Å². The first kappa shape index (κ1) is 17.1. The average molecular weight is 371 g/mol. The SMILES string of the molecule is COc1ccc(-c2nc(C3CC(=O)N(c4cc(F)cc(F)c4)C3)no2)cc1. The summed E-state index contributed by atoms with van der Waals surface area (Å²) in [6.07, 6.45) is 0.139. The zero-order chi connectivity index (χ0) is 19.0. The third-order valence-electron chi connectivity index (χ3n) is 4.43. The van der Waals surface area contributed by atoms with Crippen LogP contribution in [0.15, 0.2) is 47.0 Å². The Hall–Kier alpha value is -3.29. The van der Waals surface area contributed by atoms with Crippen molar-refractivity contribution >= 4 is 11.6 Å². The van der Waals surface area contributed by atoms with Crippen LogP contribution in [0.2, 0.25) is 0 Å². The topological polar surface area (TPSA) is 68.5 Å². The molecule has 1 aliphatic rings. The number of methoxy groups -OCH3 is 1. The summed E-state index contributed by atoms with van der Waals surface area (Å²) in [7, 11) is 1.58. The van der Waals surface area contributed by atoms with Crippen LogP contribution in [-0.2, 0) is 4.79 Å². The summed E-state index contributed by atoms with van der Waals surface area (Å²) < 4.78 is 37.3. The lowest BCUT2D eigenvalue weighted by Crippen LogP contribution is -2.24. The highest BCUT2D eigenvalue weighted by Gasteiger charge is 2.35. The molecule has 1 amide bonds. The third-order valence-corrected chi connectivity index (χ3v) is 4.43. The van der Waals surface area contributed by atoms with Crippen molar-refractivity contribution in [3.05, 3.63) is 59.9 Å². The molecule has 1 aliphatic heterocycles. The van der Waals surface area contributed by atoms with Gasteiger partial charge in [0.05, 0.1) is 7.11 Å². The van der Waals surface area contributed by atoms with Crippen LogP contribution in [0.3, 0.4) is 0 Å². The van der Waals surface area contributed by atoms with Crippen LogP contribution in [0, 0.1) is 11.6 Å². The molecule has 1 saturated heterocycles. The number of carbonyl (C=O) groups excluding carboxylic acids is 1. The molecule has 138 valence electrons. The number of carbonyl (C=O) groups is 1. The van der Waals surface area contributed by atoms with Crippen LogP contribution in [0.4, 0.5) is 14.5 Å². The van der Waals surface area contributed by atoms with Gasteiger partial charge in [0.1, 0.15) is 17.4 Å². The van der Waals surface area contributed by atoms with Gasteiger partial charge in [0.2, 0.25) is 5.91 Å². The van der Waals surface area contributed by atoms with E-state index < -0.39 is 11.6 Å². The Labute approximate surface area is 153 Å². The molecule has 6 nitrogen and oxygen atoms in total. The predicted octanol–water partition coefficient (Wildman–Crippen LogP) is 3.54. The Balaban J connectivity index is 1.54. The largest absolute Gasteiger partial charge is 0.497 e. The van der Waals surface area contributed by atoms with E-state index in [2.05, 4.69) is 10.1 Å². The number of hydrogen-bond acceptors (Lipinski definition) is 5. The highest BCUT2D eigenvalue weighted by Crippen LogP contribution is 2.32. The van der Waals surface area contributed by atoms with E-state index in [9.17, 15) is 13.6 Å². The maximum absolute atomic E-state index is 13.4. The third kappa shape index (κ3) is 3.38. The number of hydrogen-bond donors (Lipinski definition) is 0. The van der Waals surface area contributed by atoms with Gasteiger partial charge < -0.3 is 14.2 Å². The van der Waals surface area contributed by atoms with E-state index in [4.69, 9.17) is 9.26 Å². The standard InChI is InChI=1S/C19H15F2N3O3/c1-26-16-4-2-11(3-5-16)19-22-18(23-27-19)12-6-17(25)24(10-12)15-8-13(20)7-14(21)9-15/h2-5,7-9,12H,6,10H2,1H3. The van der Waals surface area contributed by atoms with Gasteiger partial charge in [-0.15, -0.1) is 0 Å². The molecule has 27 heavy (non-hydrogen) atoms. The smallest absolute Gasteiger partial charge is 0.257 e. The number of ether oxygens (including phenoxy) is 1. The molecule has 0 radical (unpaired) electrons. The molecule has 0 aliphatic carbocycles. The second-order valence-electron chi connectivity index (χ2n) is 6.22.